The van der Waals surface area contributed by atoms with Crippen LogP contribution in [-0.2, 0) is 19.1 Å². The van der Waals surface area contributed by atoms with E-state index in [1.54, 1.807) is 0 Å². The average molecular weight is 359 g/mol. The zero-order valence-electron chi connectivity index (χ0n) is 15.2. The first-order valence-corrected chi connectivity index (χ1v) is 8.84. The Balaban J connectivity index is 1.67. The molecule has 1 unspecified atom stereocenters. The summed E-state index contributed by atoms with van der Waals surface area (Å²) in [6.45, 7) is 4.42. The number of rotatable bonds is 5. The summed E-state index contributed by atoms with van der Waals surface area (Å²) >= 11 is 0. The molecule has 0 radical (unpaired) electrons. The first-order valence-electron chi connectivity index (χ1n) is 8.84. The molecule has 0 saturated carbocycles. The molecule has 7 nitrogen and oxygen atoms in total. The molecular formula is C19H25N3O4. The summed E-state index contributed by atoms with van der Waals surface area (Å²) in [4.78, 5) is 28.2. The first-order chi connectivity index (χ1) is 12.6. The minimum atomic E-state index is -0.628. The van der Waals surface area contributed by atoms with Crippen LogP contribution in [-0.4, -0.2) is 63.3 Å². The van der Waals surface area contributed by atoms with Gasteiger partial charge in [0.15, 0.2) is 0 Å². The smallest absolute Gasteiger partial charge is 0.354 e. The highest BCUT2D eigenvalue weighted by Gasteiger charge is 2.30. The van der Waals surface area contributed by atoms with Gasteiger partial charge in [-0.3, -0.25) is 4.90 Å². The zero-order chi connectivity index (χ0) is 18.5. The van der Waals surface area contributed by atoms with E-state index in [0.717, 1.165) is 25.7 Å². The van der Waals surface area contributed by atoms with Gasteiger partial charge < -0.3 is 19.7 Å². The topological polar surface area (TPSA) is 71.1 Å². The number of methoxy groups -OCH3 is 2. The highest BCUT2D eigenvalue weighted by atomic mass is 16.5. The maximum absolute atomic E-state index is 11.8. The molecule has 1 N–H and O–H groups in total. The van der Waals surface area contributed by atoms with Gasteiger partial charge in [-0.25, -0.2) is 9.59 Å². The van der Waals surface area contributed by atoms with E-state index in [1.807, 2.05) is 24.3 Å². The molecule has 3 rings (SSSR count). The predicted octanol–water partition coefficient (Wildman–Crippen LogP) is 1.61. The van der Waals surface area contributed by atoms with E-state index in [4.69, 9.17) is 4.74 Å². The molecule has 1 aromatic rings. The van der Waals surface area contributed by atoms with Crippen LogP contribution in [0.15, 0.2) is 36.0 Å². The molecule has 140 valence electrons. The Morgan fingerprint density at radius 3 is 2.58 bits per heavy atom. The number of anilines is 2. The van der Waals surface area contributed by atoms with Crippen molar-refractivity contribution in [3.8, 4) is 0 Å². The largest absolute Gasteiger partial charge is 0.466 e. The lowest BCUT2D eigenvalue weighted by atomic mass is 10.1. The summed E-state index contributed by atoms with van der Waals surface area (Å²) in [5, 5.41) is 2.92. The SMILES string of the molecule is COC(=O)/C=C(/Nc1ccc(N2CCN3CCCC3C2)cc1)C(=O)OC. The molecule has 0 aromatic heterocycles. The van der Waals surface area contributed by atoms with Crippen molar-refractivity contribution in [1.29, 1.82) is 0 Å². The number of esters is 2. The van der Waals surface area contributed by atoms with Gasteiger partial charge in [-0.05, 0) is 43.7 Å². The molecule has 2 saturated heterocycles. The average Bonchev–Trinajstić information content (AvgIpc) is 3.15. The number of carbonyl (C=O) groups is 2. The van der Waals surface area contributed by atoms with Gasteiger partial charge in [0.2, 0.25) is 0 Å². The Morgan fingerprint density at radius 2 is 1.88 bits per heavy atom. The molecule has 2 aliphatic heterocycles. The summed E-state index contributed by atoms with van der Waals surface area (Å²) in [5.41, 5.74) is 1.90. The number of nitrogens with one attached hydrogen (secondary N) is 1. The number of nitrogens with zero attached hydrogens (tertiary/aromatic N) is 2. The summed E-state index contributed by atoms with van der Waals surface area (Å²) in [5.74, 6) is -1.25. The minimum absolute atomic E-state index is 0.0340. The molecular weight excluding hydrogens is 334 g/mol. The van der Waals surface area contributed by atoms with Gasteiger partial charge in [0.1, 0.15) is 5.70 Å². The van der Waals surface area contributed by atoms with E-state index in [9.17, 15) is 9.59 Å². The van der Waals surface area contributed by atoms with Gasteiger partial charge in [0.05, 0.1) is 20.3 Å². The fourth-order valence-electron chi connectivity index (χ4n) is 3.57. The van der Waals surface area contributed by atoms with E-state index in [-0.39, 0.29) is 5.70 Å². The molecule has 2 fully saturated rings. The maximum Gasteiger partial charge on any atom is 0.354 e. The van der Waals surface area contributed by atoms with E-state index >= 15 is 0 Å². The maximum atomic E-state index is 11.8. The van der Waals surface area contributed by atoms with Crippen LogP contribution in [0.3, 0.4) is 0 Å². The molecule has 0 spiro atoms. The van der Waals surface area contributed by atoms with Crippen molar-refractivity contribution in [3.05, 3.63) is 36.0 Å². The zero-order valence-corrected chi connectivity index (χ0v) is 15.2. The van der Waals surface area contributed by atoms with Gasteiger partial charge >= 0.3 is 11.9 Å². The molecule has 1 aromatic carbocycles. The third-order valence-electron chi connectivity index (χ3n) is 4.97. The van der Waals surface area contributed by atoms with Crippen molar-refractivity contribution in [3.63, 3.8) is 0 Å². The van der Waals surface area contributed by atoms with Crippen LogP contribution in [0.4, 0.5) is 11.4 Å². The Hall–Kier alpha value is -2.54. The summed E-state index contributed by atoms with van der Waals surface area (Å²) < 4.78 is 9.27. The third-order valence-corrected chi connectivity index (χ3v) is 4.97. The van der Waals surface area contributed by atoms with Gasteiger partial charge in [-0.2, -0.15) is 0 Å². The Labute approximate surface area is 153 Å². The lowest BCUT2D eigenvalue weighted by Gasteiger charge is -2.38. The Kier molecular flexibility index (Phi) is 5.78. The molecule has 1 atom stereocenters. The Bertz CT molecular complexity index is 687. The van der Waals surface area contributed by atoms with Crippen molar-refractivity contribution >= 4 is 23.3 Å². The normalized spacial score (nSPS) is 20.5. The first kappa shape index (κ1) is 18.3. The summed E-state index contributed by atoms with van der Waals surface area (Å²) in [7, 11) is 2.52. The van der Waals surface area contributed by atoms with Crippen molar-refractivity contribution in [2.45, 2.75) is 18.9 Å². The number of fused-ring (bicyclic) bond motifs is 1. The summed E-state index contributed by atoms with van der Waals surface area (Å²) in [6, 6.07) is 8.50. The van der Waals surface area contributed by atoms with Crippen LogP contribution >= 0.6 is 0 Å². The van der Waals surface area contributed by atoms with E-state index in [0.29, 0.717) is 11.7 Å². The molecule has 0 amide bonds. The molecule has 2 heterocycles. The lowest BCUT2D eigenvalue weighted by molar-refractivity contribution is -0.138. The van der Waals surface area contributed by atoms with Crippen LogP contribution in [0.2, 0.25) is 0 Å². The summed E-state index contributed by atoms with van der Waals surface area (Å²) in [6.07, 6.45) is 3.65. The van der Waals surface area contributed by atoms with Crippen LogP contribution in [0, 0.1) is 0 Å². The second kappa shape index (κ2) is 8.23. The van der Waals surface area contributed by atoms with Crippen LogP contribution in [0.1, 0.15) is 12.8 Å². The highest BCUT2D eigenvalue weighted by molar-refractivity contribution is 5.98. The van der Waals surface area contributed by atoms with Gasteiger partial charge in [0.25, 0.3) is 0 Å². The van der Waals surface area contributed by atoms with E-state index in [2.05, 4.69) is 19.9 Å². The quantitative estimate of drug-likeness (QED) is 0.633. The number of carbonyl (C=O) groups excluding carboxylic acids is 2. The minimum Gasteiger partial charge on any atom is -0.466 e. The lowest BCUT2D eigenvalue weighted by Crippen LogP contribution is -2.50. The predicted molar refractivity (Wildman–Crippen MR) is 99.0 cm³/mol. The molecule has 0 aliphatic carbocycles. The van der Waals surface area contributed by atoms with Crippen molar-refractivity contribution in [2.24, 2.45) is 0 Å². The second-order valence-corrected chi connectivity index (χ2v) is 6.52. The van der Waals surface area contributed by atoms with Crippen LogP contribution < -0.4 is 10.2 Å². The van der Waals surface area contributed by atoms with Crippen molar-refractivity contribution in [1.82, 2.24) is 4.90 Å². The standard InChI is InChI=1S/C19H25N3O4/c1-25-18(23)12-17(19(24)26-2)20-14-5-7-15(8-6-14)22-11-10-21-9-3-4-16(21)13-22/h5-8,12,16,20H,3-4,9-11,13H2,1-2H3/b17-12+. The third kappa shape index (κ3) is 4.16. The van der Waals surface area contributed by atoms with Gasteiger partial charge in [-0.15, -0.1) is 0 Å². The number of hydrogen-bond acceptors (Lipinski definition) is 7. The number of hydrogen-bond donors (Lipinski definition) is 1. The number of benzene rings is 1. The number of piperazine rings is 1. The van der Waals surface area contributed by atoms with Gasteiger partial charge in [0, 0.05) is 37.1 Å². The fourth-order valence-corrected chi connectivity index (χ4v) is 3.57. The van der Waals surface area contributed by atoms with Gasteiger partial charge in [-0.1, -0.05) is 0 Å². The molecule has 0 bridgehead atoms. The molecule has 26 heavy (non-hydrogen) atoms. The van der Waals surface area contributed by atoms with E-state index in [1.165, 1.54) is 39.3 Å². The molecule has 7 heteroatoms. The van der Waals surface area contributed by atoms with E-state index < -0.39 is 11.9 Å². The monoisotopic (exact) mass is 359 g/mol. The fraction of sp³-hybridized carbons (Fsp3) is 0.474. The van der Waals surface area contributed by atoms with Crippen molar-refractivity contribution < 1.29 is 19.1 Å². The Morgan fingerprint density at radius 1 is 1.12 bits per heavy atom. The highest BCUT2D eigenvalue weighted by Crippen LogP contribution is 2.26. The van der Waals surface area contributed by atoms with Crippen LogP contribution in [0.5, 0.6) is 0 Å². The van der Waals surface area contributed by atoms with Crippen molar-refractivity contribution in [2.75, 3.05) is 50.6 Å². The van der Waals surface area contributed by atoms with Crippen LogP contribution in [0.25, 0.3) is 0 Å². The number of ether oxygens (including phenoxy) is 2. The molecule has 2 aliphatic rings. The second-order valence-electron chi connectivity index (χ2n) is 6.52.